The molecule has 0 saturated carbocycles. The van der Waals surface area contributed by atoms with Crippen LogP contribution < -0.4 is 10.0 Å². The number of nitrogens with zero attached hydrogens (tertiary/aromatic N) is 2. The molecule has 2 aliphatic carbocycles. The average Bonchev–Trinajstić information content (AvgIpc) is 3.37. The van der Waals surface area contributed by atoms with Gasteiger partial charge >= 0.3 is 6.03 Å². The number of hydrogen-bond acceptors (Lipinski definition) is 4. The normalized spacial score (nSPS) is 15.4. The number of carbonyl (C=O) groups is 1. The first-order valence-electron chi connectivity index (χ1n) is 9.09. The molecule has 2 N–H and O–H groups in total. The summed E-state index contributed by atoms with van der Waals surface area (Å²) in [4.78, 5) is 12.6. The predicted molar refractivity (Wildman–Crippen MR) is 111 cm³/mol. The van der Waals surface area contributed by atoms with Crippen LogP contribution in [0.4, 0.5) is 10.5 Å². The molecule has 28 heavy (non-hydrogen) atoms. The number of sulfonamides is 1. The highest BCUT2D eigenvalue weighted by atomic mass is 79.9. The van der Waals surface area contributed by atoms with E-state index >= 15 is 0 Å². The number of fused-ring (bicyclic) bond motifs is 2. The van der Waals surface area contributed by atoms with Crippen molar-refractivity contribution in [1.29, 1.82) is 0 Å². The highest BCUT2D eigenvalue weighted by molar-refractivity contribution is 9.08. The van der Waals surface area contributed by atoms with Gasteiger partial charge in [0.05, 0.1) is 5.69 Å². The average molecular weight is 488 g/mol. The Hall–Kier alpha value is -1.58. The van der Waals surface area contributed by atoms with E-state index in [9.17, 15) is 13.2 Å². The van der Waals surface area contributed by atoms with Crippen molar-refractivity contribution >= 4 is 49.3 Å². The Kier molecular flexibility index (Phi) is 5.18. The second-order valence-electron chi connectivity index (χ2n) is 7.10. The Morgan fingerprint density at radius 3 is 2.29 bits per heavy atom. The van der Waals surface area contributed by atoms with Crippen molar-refractivity contribution in [3.63, 3.8) is 0 Å². The molecule has 1 heterocycles. The van der Waals surface area contributed by atoms with Gasteiger partial charge in [-0.1, -0.05) is 27.5 Å². The maximum Gasteiger partial charge on any atom is 0.333 e. The third-order valence-corrected chi connectivity index (χ3v) is 7.64. The van der Waals surface area contributed by atoms with Gasteiger partial charge in [-0.25, -0.2) is 9.52 Å². The lowest BCUT2D eigenvalue weighted by Crippen LogP contribution is -2.35. The quantitative estimate of drug-likeness (QED) is 0.646. The first-order valence-corrected chi connectivity index (χ1v) is 12.1. The second-order valence-corrected chi connectivity index (χ2v) is 9.67. The number of hydrogen-bond donors (Lipinski definition) is 2. The zero-order valence-electron chi connectivity index (χ0n) is 15.3. The fourth-order valence-corrected chi connectivity index (χ4v) is 5.95. The summed E-state index contributed by atoms with van der Waals surface area (Å²) in [6.07, 6.45) is 5.41. The van der Waals surface area contributed by atoms with E-state index in [-0.39, 0.29) is 5.03 Å². The molecule has 0 aliphatic heterocycles. The van der Waals surface area contributed by atoms with Crippen LogP contribution in [0.1, 0.15) is 40.8 Å². The molecule has 0 bridgehead atoms. The third-order valence-electron chi connectivity index (χ3n) is 5.40. The van der Waals surface area contributed by atoms with Crippen molar-refractivity contribution in [3.05, 3.63) is 39.0 Å². The summed E-state index contributed by atoms with van der Waals surface area (Å²) in [6.45, 7) is 0. The second kappa shape index (κ2) is 7.35. The smallest absolute Gasteiger partial charge is 0.307 e. The summed E-state index contributed by atoms with van der Waals surface area (Å²) in [5.74, 6) is 0. The van der Waals surface area contributed by atoms with Crippen LogP contribution in [-0.4, -0.2) is 24.2 Å². The topological polar surface area (TPSA) is 93.1 Å². The van der Waals surface area contributed by atoms with Crippen molar-refractivity contribution in [3.8, 4) is 0 Å². The van der Waals surface area contributed by atoms with Crippen molar-refractivity contribution in [2.75, 3.05) is 5.32 Å². The van der Waals surface area contributed by atoms with Crippen molar-refractivity contribution < 1.29 is 13.2 Å². The number of aryl methyl sites for hydroxylation is 1. The van der Waals surface area contributed by atoms with Crippen LogP contribution in [0.25, 0.3) is 0 Å². The summed E-state index contributed by atoms with van der Waals surface area (Å²) in [7, 11) is -2.42. The molecule has 1 aromatic heterocycles. The number of benzene rings is 1. The molecule has 0 radical (unpaired) electrons. The van der Waals surface area contributed by atoms with E-state index in [1.165, 1.54) is 10.7 Å². The van der Waals surface area contributed by atoms with Crippen LogP contribution >= 0.6 is 27.5 Å². The van der Waals surface area contributed by atoms with Gasteiger partial charge in [0, 0.05) is 29.2 Å². The Labute approximate surface area is 177 Å². The Morgan fingerprint density at radius 1 is 1.18 bits per heavy atom. The largest absolute Gasteiger partial charge is 0.333 e. The standard InChI is InChI=1S/C18H20BrClN4O3S/c1-24-10(9-19)8-15(22-24)28(26,27)23-18(25)21-17-13-6-2-4-11(13)16(20)12-5-3-7-14(12)17/h8H,2-7,9H2,1H3,(H2,21,23,25). The molecule has 1 aromatic carbocycles. The minimum absolute atomic E-state index is 0.189. The van der Waals surface area contributed by atoms with Crippen LogP contribution in [0.3, 0.4) is 0 Å². The van der Waals surface area contributed by atoms with E-state index in [4.69, 9.17) is 11.6 Å². The predicted octanol–water partition coefficient (Wildman–Crippen LogP) is 3.46. The summed E-state index contributed by atoms with van der Waals surface area (Å²) in [5.41, 5.74) is 5.68. The number of urea groups is 1. The van der Waals surface area contributed by atoms with E-state index in [1.54, 1.807) is 7.05 Å². The summed E-state index contributed by atoms with van der Waals surface area (Å²) >= 11 is 9.87. The SMILES string of the molecule is Cn1nc(S(=O)(=O)NC(=O)Nc2c3c(c(Cl)c4c2CCC4)CCC3)cc1CBr. The lowest BCUT2D eigenvalue weighted by atomic mass is 9.98. The zero-order chi connectivity index (χ0) is 20.1. The Morgan fingerprint density at radius 2 is 1.75 bits per heavy atom. The molecule has 2 amide bonds. The van der Waals surface area contributed by atoms with Crippen LogP contribution in [0.15, 0.2) is 11.1 Å². The van der Waals surface area contributed by atoms with Crippen molar-refractivity contribution in [1.82, 2.24) is 14.5 Å². The highest BCUT2D eigenvalue weighted by Gasteiger charge is 2.30. The fourth-order valence-electron chi connectivity index (χ4n) is 4.09. The number of aromatic nitrogens is 2. The summed E-state index contributed by atoms with van der Waals surface area (Å²) in [6, 6.07) is 0.652. The molecule has 150 valence electrons. The number of nitrogens with one attached hydrogen (secondary N) is 2. The molecule has 0 spiro atoms. The van der Waals surface area contributed by atoms with Gasteiger partial charge in [0.15, 0.2) is 5.03 Å². The molecule has 2 aliphatic rings. The molecule has 10 heteroatoms. The number of amides is 2. The number of carbonyl (C=O) groups excluding carboxylic acids is 1. The first kappa shape index (κ1) is 19.7. The van der Waals surface area contributed by atoms with E-state index < -0.39 is 16.1 Å². The molecule has 4 rings (SSSR count). The maximum absolute atomic E-state index is 12.6. The molecule has 0 atom stereocenters. The van der Waals surface area contributed by atoms with Crippen LogP contribution in [-0.2, 0) is 48.1 Å². The van der Waals surface area contributed by atoms with Crippen molar-refractivity contribution in [2.45, 2.75) is 48.9 Å². The van der Waals surface area contributed by atoms with Gasteiger partial charge in [0.2, 0.25) is 0 Å². The lowest BCUT2D eigenvalue weighted by Gasteiger charge is -2.18. The molecule has 0 fully saturated rings. The molecule has 0 saturated heterocycles. The van der Waals surface area contributed by atoms with E-state index in [2.05, 4.69) is 31.1 Å². The van der Waals surface area contributed by atoms with Gasteiger partial charge in [-0.2, -0.15) is 13.5 Å². The zero-order valence-corrected chi connectivity index (χ0v) is 18.5. The molecule has 2 aromatic rings. The third kappa shape index (κ3) is 3.33. The molecular formula is C18H20BrClN4O3S. The minimum atomic E-state index is -4.07. The van der Waals surface area contributed by atoms with Gasteiger partial charge in [-0.3, -0.25) is 4.68 Å². The van der Waals surface area contributed by atoms with Gasteiger partial charge in [-0.05, 0) is 60.8 Å². The van der Waals surface area contributed by atoms with E-state index in [0.717, 1.165) is 71.5 Å². The molecular weight excluding hydrogens is 468 g/mol. The maximum atomic E-state index is 12.6. The Balaban J connectivity index is 1.61. The van der Waals surface area contributed by atoms with Gasteiger partial charge in [-0.15, -0.1) is 0 Å². The monoisotopic (exact) mass is 486 g/mol. The highest BCUT2D eigenvalue weighted by Crippen LogP contribution is 2.43. The van der Waals surface area contributed by atoms with Gasteiger partial charge in [0.25, 0.3) is 10.0 Å². The fraction of sp³-hybridized carbons (Fsp3) is 0.444. The molecule has 7 nitrogen and oxygen atoms in total. The van der Waals surface area contributed by atoms with Crippen LogP contribution in [0, 0.1) is 0 Å². The number of rotatable bonds is 4. The first-order chi connectivity index (χ1) is 13.3. The summed E-state index contributed by atoms with van der Waals surface area (Å²) in [5, 5.41) is 7.88. The van der Waals surface area contributed by atoms with Gasteiger partial charge in [0.1, 0.15) is 0 Å². The van der Waals surface area contributed by atoms with Crippen LogP contribution in [0.2, 0.25) is 5.02 Å². The lowest BCUT2D eigenvalue weighted by molar-refractivity contribution is 0.256. The Bertz CT molecular complexity index is 1050. The minimum Gasteiger partial charge on any atom is -0.307 e. The van der Waals surface area contributed by atoms with E-state index in [1.807, 2.05) is 0 Å². The number of alkyl halides is 1. The van der Waals surface area contributed by atoms with Crippen LogP contribution in [0.5, 0.6) is 0 Å². The summed E-state index contributed by atoms with van der Waals surface area (Å²) < 4.78 is 28.6. The number of anilines is 1. The van der Waals surface area contributed by atoms with Gasteiger partial charge < -0.3 is 5.32 Å². The van der Waals surface area contributed by atoms with E-state index in [0.29, 0.717) is 11.0 Å². The number of halogens is 2. The van der Waals surface area contributed by atoms with Crippen molar-refractivity contribution in [2.24, 2.45) is 7.05 Å². The molecule has 0 unspecified atom stereocenters.